The van der Waals surface area contributed by atoms with E-state index in [9.17, 15) is 13.2 Å². The van der Waals surface area contributed by atoms with Crippen molar-refractivity contribution < 1.29 is 13.2 Å². The average molecular weight is 483 g/mol. The van der Waals surface area contributed by atoms with Gasteiger partial charge in [-0.1, -0.05) is 78.9 Å². The van der Waals surface area contributed by atoms with Gasteiger partial charge in [0, 0.05) is 6.54 Å². The summed E-state index contributed by atoms with van der Waals surface area (Å²) in [6.45, 7) is 0.583. The van der Waals surface area contributed by atoms with E-state index in [2.05, 4.69) is 20.9 Å². The molecule has 3 rings (SSSR count). The number of sulfonamides is 1. The SMILES string of the molecule is O=C(NNC(=S)NCCc1ccccc1)[C@@H](Cc1ccccc1)NS(=O)(=O)c1ccccc1. The molecule has 4 N–H and O–H groups in total. The highest BCUT2D eigenvalue weighted by atomic mass is 32.2. The highest BCUT2D eigenvalue weighted by molar-refractivity contribution is 7.89. The number of carbonyl (C=O) groups excluding carboxylic acids is 1. The molecule has 3 aromatic rings. The summed E-state index contributed by atoms with van der Waals surface area (Å²) in [4.78, 5) is 13.0. The van der Waals surface area contributed by atoms with Crippen LogP contribution >= 0.6 is 12.2 Å². The summed E-state index contributed by atoms with van der Waals surface area (Å²) < 4.78 is 28.1. The number of nitrogens with one attached hydrogen (secondary N) is 4. The molecule has 0 saturated carbocycles. The zero-order valence-electron chi connectivity index (χ0n) is 17.9. The minimum Gasteiger partial charge on any atom is -0.361 e. The van der Waals surface area contributed by atoms with E-state index in [-0.39, 0.29) is 16.4 Å². The third-order valence-corrected chi connectivity index (χ3v) is 6.53. The van der Waals surface area contributed by atoms with Gasteiger partial charge < -0.3 is 5.32 Å². The fourth-order valence-corrected chi connectivity index (χ4v) is 4.48. The Labute approximate surface area is 199 Å². The molecule has 3 aromatic carbocycles. The van der Waals surface area contributed by atoms with E-state index in [1.165, 1.54) is 12.1 Å². The van der Waals surface area contributed by atoms with Gasteiger partial charge in [-0.2, -0.15) is 4.72 Å². The van der Waals surface area contributed by atoms with E-state index in [1.54, 1.807) is 18.2 Å². The van der Waals surface area contributed by atoms with Crippen LogP contribution in [0, 0.1) is 0 Å². The molecule has 0 fully saturated rings. The molecule has 0 aliphatic heterocycles. The van der Waals surface area contributed by atoms with Crippen LogP contribution in [0.3, 0.4) is 0 Å². The maximum absolute atomic E-state index is 12.9. The van der Waals surface area contributed by atoms with Crippen molar-refractivity contribution in [2.24, 2.45) is 0 Å². The van der Waals surface area contributed by atoms with E-state index in [1.807, 2.05) is 60.7 Å². The van der Waals surface area contributed by atoms with Gasteiger partial charge in [-0.25, -0.2) is 8.42 Å². The number of hydrogen-bond donors (Lipinski definition) is 4. The van der Waals surface area contributed by atoms with E-state index >= 15 is 0 Å². The Hall–Kier alpha value is -3.27. The molecular weight excluding hydrogens is 456 g/mol. The Morgan fingerprint density at radius 1 is 0.788 bits per heavy atom. The molecule has 1 atom stereocenters. The molecule has 0 unspecified atom stereocenters. The zero-order valence-corrected chi connectivity index (χ0v) is 19.5. The quantitative estimate of drug-likeness (QED) is 0.276. The summed E-state index contributed by atoms with van der Waals surface area (Å²) in [5.74, 6) is -0.550. The molecule has 172 valence electrons. The predicted octanol–water partition coefficient (Wildman–Crippen LogP) is 2.31. The second kappa shape index (κ2) is 12.1. The molecular formula is C24H26N4O3S2. The van der Waals surface area contributed by atoms with Crippen LogP contribution in [-0.2, 0) is 27.7 Å². The highest BCUT2D eigenvalue weighted by Crippen LogP contribution is 2.11. The fraction of sp³-hybridized carbons (Fsp3) is 0.167. The maximum atomic E-state index is 12.9. The van der Waals surface area contributed by atoms with E-state index in [0.29, 0.717) is 6.54 Å². The second-order valence-electron chi connectivity index (χ2n) is 7.28. The summed E-state index contributed by atoms with van der Waals surface area (Å²) in [5, 5.41) is 3.26. The standard InChI is InChI=1S/C24H26N4O3S2/c29-23(26-27-24(32)25-17-16-19-10-4-1-5-11-19)22(18-20-12-6-2-7-13-20)28-33(30,31)21-14-8-3-9-15-21/h1-15,22,28H,16-18H2,(H,26,29)(H2,25,27,32)/t22-/m1/s1. The third-order valence-electron chi connectivity index (χ3n) is 4.79. The van der Waals surface area contributed by atoms with Crippen molar-refractivity contribution in [3.8, 4) is 0 Å². The smallest absolute Gasteiger partial charge is 0.256 e. The first-order valence-corrected chi connectivity index (χ1v) is 12.3. The number of rotatable bonds is 9. The van der Waals surface area contributed by atoms with Gasteiger partial charge >= 0.3 is 0 Å². The zero-order chi connectivity index (χ0) is 23.5. The Morgan fingerprint density at radius 3 is 1.94 bits per heavy atom. The Bertz CT molecular complexity index is 1140. The molecule has 7 nitrogen and oxygen atoms in total. The number of amides is 1. The van der Waals surface area contributed by atoms with Crippen LogP contribution in [0.1, 0.15) is 11.1 Å². The predicted molar refractivity (Wildman–Crippen MR) is 133 cm³/mol. The summed E-state index contributed by atoms with van der Waals surface area (Å²) in [6, 6.07) is 26.0. The van der Waals surface area contributed by atoms with Crippen molar-refractivity contribution in [1.29, 1.82) is 0 Å². The molecule has 0 heterocycles. The number of hydrogen-bond acceptors (Lipinski definition) is 4. The molecule has 0 spiro atoms. The van der Waals surface area contributed by atoms with Crippen LogP contribution < -0.4 is 20.9 Å². The second-order valence-corrected chi connectivity index (χ2v) is 9.40. The third kappa shape index (κ3) is 7.98. The van der Waals surface area contributed by atoms with E-state index < -0.39 is 22.0 Å². The van der Waals surface area contributed by atoms with Crippen molar-refractivity contribution in [1.82, 2.24) is 20.9 Å². The van der Waals surface area contributed by atoms with Crippen LogP contribution in [-0.4, -0.2) is 32.0 Å². The Kier molecular flexibility index (Phi) is 8.94. The molecule has 33 heavy (non-hydrogen) atoms. The van der Waals surface area contributed by atoms with Gasteiger partial charge in [-0.05, 0) is 48.3 Å². The summed E-state index contributed by atoms with van der Waals surface area (Å²) in [7, 11) is -3.90. The molecule has 0 aromatic heterocycles. The Morgan fingerprint density at radius 2 is 1.33 bits per heavy atom. The van der Waals surface area contributed by atoms with Crippen LogP contribution in [0.4, 0.5) is 0 Å². The first kappa shape index (κ1) is 24.4. The summed E-state index contributed by atoms with van der Waals surface area (Å²) in [5.41, 5.74) is 7.13. The van der Waals surface area contributed by atoms with Gasteiger partial charge in [0.25, 0.3) is 5.91 Å². The monoisotopic (exact) mass is 482 g/mol. The normalized spacial score (nSPS) is 11.9. The number of carbonyl (C=O) groups is 1. The van der Waals surface area contributed by atoms with Crippen molar-refractivity contribution in [2.45, 2.75) is 23.8 Å². The minimum atomic E-state index is -3.90. The first-order chi connectivity index (χ1) is 15.9. The summed E-state index contributed by atoms with van der Waals surface area (Å²) in [6.07, 6.45) is 0.943. The molecule has 1 amide bonds. The van der Waals surface area contributed by atoms with Crippen LogP contribution in [0.5, 0.6) is 0 Å². The van der Waals surface area contributed by atoms with Gasteiger partial charge in [0.1, 0.15) is 6.04 Å². The van der Waals surface area contributed by atoms with Crippen LogP contribution in [0.25, 0.3) is 0 Å². The van der Waals surface area contributed by atoms with E-state index in [0.717, 1.165) is 17.5 Å². The summed E-state index contributed by atoms with van der Waals surface area (Å²) >= 11 is 5.21. The largest absolute Gasteiger partial charge is 0.361 e. The number of thiocarbonyl (C=S) groups is 1. The first-order valence-electron chi connectivity index (χ1n) is 10.4. The highest BCUT2D eigenvalue weighted by Gasteiger charge is 2.26. The number of benzene rings is 3. The Balaban J connectivity index is 1.59. The van der Waals surface area contributed by atoms with Crippen molar-refractivity contribution in [3.63, 3.8) is 0 Å². The molecule has 0 radical (unpaired) electrons. The van der Waals surface area contributed by atoms with Crippen molar-refractivity contribution in [2.75, 3.05) is 6.54 Å². The van der Waals surface area contributed by atoms with Gasteiger partial charge in [0.05, 0.1) is 4.90 Å². The number of hydrazine groups is 1. The fourth-order valence-electron chi connectivity index (χ4n) is 3.11. The van der Waals surface area contributed by atoms with Crippen molar-refractivity contribution in [3.05, 3.63) is 102 Å². The molecule has 0 saturated heterocycles. The topological polar surface area (TPSA) is 99.3 Å². The van der Waals surface area contributed by atoms with Crippen molar-refractivity contribution >= 4 is 33.3 Å². The lowest BCUT2D eigenvalue weighted by Gasteiger charge is -2.20. The molecule has 9 heteroatoms. The maximum Gasteiger partial charge on any atom is 0.256 e. The molecule has 0 bridgehead atoms. The van der Waals surface area contributed by atoms with Crippen LogP contribution in [0.2, 0.25) is 0 Å². The average Bonchev–Trinajstić information content (AvgIpc) is 2.84. The molecule has 0 aliphatic carbocycles. The van der Waals surface area contributed by atoms with Gasteiger partial charge in [-0.15, -0.1) is 0 Å². The van der Waals surface area contributed by atoms with Gasteiger partial charge in [-0.3, -0.25) is 15.6 Å². The lowest BCUT2D eigenvalue weighted by atomic mass is 10.1. The molecule has 0 aliphatic rings. The lowest BCUT2D eigenvalue weighted by molar-refractivity contribution is -0.123. The van der Waals surface area contributed by atoms with Gasteiger partial charge in [0.15, 0.2) is 5.11 Å². The van der Waals surface area contributed by atoms with Crippen LogP contribution in [0.15, 0.2) is 95.9 Å². The lowest BCUT2D eigenvalue weighted by Crippen LogP contribution is -2.54. The minimum absolute atomic E-state index is 0.0851. The van der Waals surface area contributed by atoms with Gasteiger partial charge in [0.2, 0.25) is 10.0 Å². The van der Waals surface area contributed by atoms with E-state index in [4.69, 9.17) is 12.2 Å².